The molecule has 0 unspecified atom stereocenters. The monoisotopic (exact) mass is 353 g/mol. The first-order valence-corrected chi connectivity index (χ1v) is 9.75. The molecule has 4 heteroatoms. The highest BCUT2D eigenvalue weighted by molar-refractivity contribution is 5.92. The van der Waals surface area contributed by atoms with Crippen molar-refractivity contribution in [3.8, 4) is 5.69 Å². The highest BCUT2D eigenvalue weighted by Gasteiger charge is 2.25. The second-order valence-corrected chi connectivity index (χ2v) is 8.62. The van der Waals surface area contributed by atoms with Crippen LogP contribution in [-0.4, -0.2) is 15.7 Å². The van der Waals surface area contributed by atoms with Crippen LogP contribution in [0.1, 0.15) is 69.7 Å². The minimum Gasteiger partial charge on any atom is -0.310 e. The maximum absolute atomic E-state index is 12.8. The van der Waals surface area contributed by atoms with E-state index in [4.69, 9.17) is 5.10 Å². The fraction of sp³-hybridized carbons (Fsp3) is 0.545. The largest absolute Gasteiger partial charge is 0.310 e. The zero-order valence-corrected chi connectivity index (χ0v) is 16.7. The van der Waals surface area contributed by atoms with E-state index in [1.807, 2.05) is 16.8 Å². The second kappa shape index (κ2) is 7.26. The molecule has 140 valence electrons. The Labute approximate surface area is 157 Å². The van der Waals surface area contributed by atoms with Gasteiger partial charge >= 0.3 is 0 Å². The summed E-state index contributed by atoms with van der Waals surface area (Å²) >= 11 is 0. The maximum Gasteiger partial charge on any atom is 0.228 e. The van der Waals surface area contributed by atoms with Gasteiger partial charge < -0.3 is 5.32 Å². The van der Waals surface area contributed by atoms with Gasteiger partial charge in [-0.15, -0.1) is 0 Å². The Hall–Kier alpha value is -2.10. The number of nitrogens with zero attached hydrogens (tertiary/aromatic N) is 2. The van der Waals surface area contributed by atoms with Crippen molar-refractivity contribution < 1.29 is 4.79 Å². The summed E-state index contributed by atoms with van der Waals surface area (Å²) in [6.45, 7) is 10.7. The van der Waals surface area contributed by atoms with Crippen LogP contribution in [0.25, 0.3) is 5.69 Å². The Morgan fingerprint density at radius 3 is 2.50 bits per heavy atom. The summed E-state index contributed by atoms with van der Waals surface area (Å²) < 4.78 is 1.91. The van der Waals surface area contributed by atoms with Crippen LogP contribution in [0.15, 0.2) is 24.3 Å². The van der Waals surface area contributed by atoms with Gasteiger partial charge in [-0.3, -0.25) is 4.79 Å². The average molecular weight is 354 g/mol. The van der Waals surface area contributed by atoms with Gasteiger partial charge in [0.05, 0.1) is 11.4 Å². The number of hydrogen-bond donors (Lipinski definition) is 1. The van der Waals surface area contributed by atoms with Gasteiger partial charge in [0, 0.05) is 17.4 Å². The van der Waals surface area contributed by atoms with E-state index in [1.165, 1.54) is 17.5 Å². The molecule has 0 atom stereocenters. The molecule has 1 aliphatic rings. The van der Waals surface area contributed by atoms with Crippen LogP contribution in [0, 0.1) is 19.8 Å². The van der Waals surface area contributed by atoms with E-state index >= 15 is 0 Å². The number of aryl methyl sites for hydroxylation is 1. The van der Waals surface area contributed by atoms with Crippen LogP contribution in [-0.2, 0) is 10.2 Å². The molecule has 3 rings (SSSR count). The molecule has 4 nitrogen and oxygen atoms in total. The molecular formula is C22H31N3O. The molecule has 1 amide bonds. The van der Waals surface area contributed by atoms with Gasteiger partial charge in [-0.1, -0.05) is 52.2 Å². The summed E-state index contributed by atoms with van der Waals surface area (Å²) in [6.07, 6.45) is 5.55. The molecule has 2 aromatic rings. The standard InChI is InChI=1S/C22H31N3O/c1-15-10-9-13-18(16(15)2)25-20(14-19(24-25)22(3,4)5)23-21(26)17-11-7-6-8-12-17/h9-10,13-14,17H,6-8,11-12H2,1-5H3,(H,23,26). The van der Waals surface area contributed by atoms with Crippen molar-refractivity contribution in [2.24, 2.45) is 5.92 Å². The van der Waals surface area contributed by atoms with E-state index in [1.54, 1.807) is 0 Å². The van der Waals surface area contributed by atoms with Crippen LogP contribution in [0.5, 0.6) is 0 Å². The van der Waals surface area contributed by atoms with E-state index in [-0.39, 0.29) is 17.2 Å². The van der Waals surface area contributed by atoms with Gasteiger partial charge in [0.2, 0.25) is 5.91 Å². The zero-order chi connectivity index (χ0) is 18.9. The van der Waals surface area contributed by atoms with E-state index < -0.39 is 0 Å². The quantitative estimate of drug-likeness (QED) is 0.813. The molecule has 1 heterocycles. The molecule has 1 saturated carbocycles. The fourth-order valence-corrected chi connectivity index (χ4v) is 3.58. The van der Waals surface area contributed by atoms with Crippen molar-refractivity contribution >= 4 is 11.7 Å². The lowest BCUT2D eigenvalue weighted by molar-refractivity contribution is -0.120. The number of rotatable bonds is 3. The molecule has 0 spiro atoms. The van der Waals surface area contributed by atoms with Crippen LogP contribution in [0.3, 0.4) is 0 Å². The number of carbonyl (C=O) groups excluding carboxylic acids is 1. The molecule has 26 heavy (non-hydrogen) atoms. The number of aromatic nitrogens is 2. The molecular weight excluding hydrogens is 322 g/mol. The van der Waals surface area contributed by atoms with Crippen molar-refractivity contribution in [2.45, 2.75) is 72.1 Å². The van der Waals surface area contributed by atoms with Crippen molar-refractivity contribution in [1.29, 1.82) is 0 Å². The molecule has 1 aromatic heterocycles. The lowest BCUT2D eigenvalue weighted by Gasteiger charge is -2.21. The van der Waals surface area contributed by atoms with E-state index in [2.05, 4.69) is 52.1 Å². The van der Waals surface area contributed by atoms with Crippen LogP contribution in [0.2, 0.25) is 0 Å². The summed E-state index contributed by atoms with van der Waals surface area (Å²) in [7, 11) is 0. The minimum atomic E-state index is -0.0761. The third-order valence-corrected chi connectivity index (χ3v) is 5.51. The number of benzene rings is 1. The molecule has 0 saturated heterocycles. The second-order valence-electron chi connectivity index (χ2n) is 8.62. The molecule has 1 N–H and O–H groups in total. The lowest BCUT2D eigenvalue weighted by atomic mass is 9.88. The van der Waals surface area contributed by atoms with Crippen molar-refractivity contribution in [2.75, 3.05) is 5.32 Å². The SMILES string of the molecule is Cc1cccc(-n2nc(C(C)(C)C)cc2NC(=O)C2CCCCC2)c1C. The van der Waals surface area contributed by atoms with E-state index in [0.29, 0.717) is 0 Å². The average Bonchev–Trinajstić information content (AvgIpc) is 3.02. The normalized spacial score (nSPS) is 15.9. The number of hydrogen-bond acceptors (Lipinski definition) is 2. The Kier molecular flexibility index (Phi) is 5.22. The highest BCUT2D eigenvalue weighted by Crippen LogP contribution is 2.30. The fourth-order valence-electron chi connectivity index (χ4n) is 3.58. The van der Waals surface area contributed by atoms with Crippen LogP contribution in [0.4, 0.5) is 5.82 Å². The Balaban J connectivity index is 1.99. The Morgan fingerprint density at radius 2 is 1.85 bits per heavy atom. The van der Waals surface area contributed by atoms with E-state index in [0.717, 1.165) is 42.9 Å². The third-order valence-electron chi connectivity index (χ3n) is 5.51. The topological polar surface area (TPSA) is 46.9 Å². The summed E-state index contributed by atoms with van der Waals surface area (Å²) in [5.74, 6) is 1.04. The predicted molar refractivity (Wildman–Crippen MR) is 107 cm³/mol. The number of anilines is 1. The van der Waals surface area contributed by atoms with Gasteiger partial charge in [-0.05, 0) is 43.9 Å². The number of nitrogens with one attached hydrogen (secondary N) is 1. The summed E-state index contributed by atoms with van der Waals surface area (Å²) in [5.41, 5.74) is 4.34. The van der Waals surface area contributed by atoms with Crippen molar-refractivity contribution in [3.05, 3.63) is 41.1 Å². The van der Waals surface area contributed by atoms with Gasteiger partial charge in [0.15, 0.2) is 0 Å². The van der Waals surface area contributed by atoms with Gasteiger partial charge in [0.1, 0.15) is 5.82 Å². The summed E-state index contributed by atoms with van der Waals surface area (Å²) in [6, 6.07) is 8.25. The van der Waals surface area contributed by atoms with Crippen molar-refractivity contribution in [1.82, 2.24) is 9.78 Å². The molecule has 1 aliphatic carbocycles. The van der Waals surface area contributed by atoms with Crippen molar-refractivity contribution in [3.63, 3.8) is 0 Å². The van der Waals surface area contributed by atoms with Gasteiger partial charge in [0.25, 0.3) is 0 Å². The number of amides is 1. The smallest absolute Gasteiger partial charge is 0.228 e. The van der Waals surface area contributed by atoms with Crippen LogP contribution >= 0.6 is 0 Å². The molecule has 0 radical (unpaired) electrons. The first kappa shape index (κ1) is 18.7. The molecule has 0 aliphatic heterocycles. The third kappa shape index (κ3) is 3.84. The van der Waals surface area contributed by atoms with E-state index in [9.17, 15) is 4.79 Å². The molecule has 1 aromatic carbocycles. The Bertz CT molecular complexity index is 792. The first-order chi connectivity index (χ1) is 12.3. The molecule has 0 bridgehead atoms. The highest BCUT2D eigenvalue weighted by atomic mass is 16.2. The number of carbonyl (C=O) groups is 1. The summed E-state index contributed by atoms with van der Waals surface area (Å²) in [4.78, 5) is 12.8. The van der Waals surface area contributed by atoms with Gasteiger partial charge in [-0.25, -0.2) is 4.68 Å². The summed E-state index contributed by atoms with van der Waals surface area (Å²) in [5, 5.41) is 8.03. The molecule has 1 fully saturated rings. The zero-order valence-electron chi connectivity index (χ0n) is 16.7. The predicted octanol–water partition coefficient (Wildman–Crippen LogP) is 5.31. The lowest BCUT2D eigenvalue weighted by Crippen LogP contribution is -2.26. The van der Waals surface area contributed by atoms with Crippen LogP contribution < -0.4 is 5.32 Å². The van der Waals surface area contributed by atoms with Gasteiger partial charge in [-0.2, -0.15) is 5.10 Å². The Morgan fingerprint density at radius 1 is 1.15 bits per heavy atom. The first-order valence-electron chi connectivity index (χ1n) is 9.75. The minimum absolute atomic E-state index is 0.0761. The maximum atomic E-state index is 12.8.